The molecule has 0 aromatic rings. The van der Waals surface area contributed by atoms with Crippen molar-refractivity contribution in [3.8, 4) is 0 Å². The molecular formula is C15H33NO3. The van der Waals surface area contributed by atoms with E-state index in [9.17, 15) is 0 Å². The summed E-state index contributed by atoms with van der Waals surface area (Å²) in [5.74, 6) is 0. The summed E-state index contributed by atoms with van der Waals surface area (Å²) in [5.41, 5.74) is 0.401. The zero-order chi connectivity index (χ0) is 14.4. The van der Waals surface area contributed by atoms with Crippen molar-refractivity contribution in [1.29, 1.82) is 0 Å². The van der Waals surface area contributed by atoms with Crippen LogP contribution in [0.4, 0.5) is 0 Å². The third kappa shape index (κ3) is 9.38. The maximum absolute atomic E-state index is 5.54. The zero-order valence-corrected chi connectivity index (χ0v) is 13.3. The lowest BCUT2D eigenvalue weighted by atomic mass is 9.78. The van der Waals surface area contributed by atoms with Gasteiger partial charge in [-0.1, -0.05) is 13.8 Å². The summed E-state index contributed by atoms with van der Waals surface area (Å²) in [4.78, 5) is 0. The lowest BCUT2D eigenvalue weighted by Crippen LogP contribution is -2.35. The first kappa shape index (κ1) is 18.8. The minimum atomic E-state index is 0.401. The van der Waals surface area contributed by atoms with Crippen molar-refractivity contribution in [2.75, 3.05) is 53.7 Å². The molecule has 0 saturated heterocycles. The van der Waals surface area contributed by atoms with Crippen LogP contribution in [-0.4, -0.2) is 53.7 Å². The van der Waals surface area contributed by atoms with Gasteiger partial charge in [-0.25, -0.2) is 0 Å². The molecule has 1 N–H and O–H groups in total. The fourth-order valence-electron chi connectivity index (χ4n) is 2.26. The van der Waals surface area contributed by atoms with Gasteiger partial charge in [-0.3, -0.25) is 0 Å². The van der Waals surface area contributed by atoms with E-state index in [1.807, 2.05) is 0 Å². The molecule has 0 radical (unpaired) electrons. The second-order valence-electron chi connectivity index (χ2n) is 5.09. The van der Waals surface area contributed by atoms with Crippen LogP contribution in [0.1, 0.15) is 39.5 Å². The number of rotatable bonds is 14. The molecule has 0 saturated carbocycles. The van der Waals surface area contributed by atoms with Crippen LogP contribution < -0.4 is 5.32 Å². The molecular weight excluding hydrogens is 242 g/mol. The summed E-state index contributed by atoms with van der Waals surface area (Å²) in [6.07, 6.45) is 4.76. The van der Waals surface area contributed by atoms with E-state index in [1.165, 1.54) is 19.3 Å². The largest absolute Gasteiger partial charge is 0.383 e. The monoisotopic (exact) mass is 275 g/mol. The lowest BCUT2D eigenvalue weighted by Gasteiger charge is -2.32. The molecule has 0 atom stereocenters. The molecule has 0 bridgehead atoms. The van der Waals surface area contributed by atoms with Crippen LogP contribution in [-0.2, 0) is 14.2 Å². The van der Waals surface area contributed by atoms with Crippen LogP contribution in [0, 0.1) is 5.41 Å². The highest BCUT2D eigenvalue weighted by Gasteiger charge is 2.24. The summed E-state index contributed by atoms with van der Waals surface area (Å²) in [7, 11) is 3.44. The molecule has 0 heterocycles. The van der Waals surface area contributed by atoms with E-state index in [0.29, 0.717) is 18.6 Å². The van der Waals surface area contributed by atoms with Crippen LogP contribution in [0.15, 0.2) is 0 Å². The Morgan fingerprint density at radius 3 is 2.16 bits per heavy atom. The van der Waals surface area contributed by atoms with E-state index in [-0.39, 0.29) is 0 Å². The summed E-state index contributed by atoms with van der Waals surface area (Å²) < 4.78 is 15.6. The molecule has 0 aliphatic carbocycles. The quantitative estimate of drug-likeness (QED) is 0.494. The van der Waals surface area contributed by atoms with Gasteiger partial charge in [0.25, 0.3) is 0 Å². The summed E-state index contributed by atoms with van der Waals surface area (Å²) in [6, 6.07) is 0. The molecule has 19 heavy (non-hydrogen) atoms. The second-order valence-corrected chi connectivity index (χ2v) is 5.09. The Kier molecular flexibility index (Phi) is 12.7. The molecule has 4 heteroatoms. The molecule has 0 fully saturated rings. The first-order chi connectivity index (χ1) is 9.24. The number of nitrogens with one attached hydrogen (secondary N) is 1. The maximum atomic E-state index is 5.54. The summed E-state index contributed by atoms with van der Waals surface area (Å²) in [5, 5.41) is 3.50. The highest BCUT2D eigenvalue weighted by atomic mass is 16.5. The van der Waals surface area contributed by atoms with E-state index in [4.69, 9.17) is 14.2 Å². The second kappa shape index (κ2) is 12.9. The smallest absolute Gasteiger partial charge is 0.0700 e. The molecule has 0 rings (SSSR count). The lowest BCUT2D eigenvalue weighted by molar-refractivity contribution is 0.0622. The van der Waals surface area contributed by atoms with Crippen LogP contribution >= 0.6 is 0 Å². The van der Waals surface area contributed by atoms with Crippen molar-refractivity contribution >= 4 is 0 Å². The molecule has 4 nitrogen and oxygen atoms in total. The molecule has 0 aliphatic heterocycles. The molecule has 0 amide bonds. The van der Waals surface area contributed by atoms with Gasteiger partial charge >= 0.3 is 0 Å². The molecule has 116 valence electrons. The van der Waals surface area contributed by atoms with Gasteiger partial charge in [0.1, 0.15) is 0 Å². The Morgan fingerprint density at radius 2 is 1.58 bits per heavy atom. The number of ether oxygens (including phenoxy) is 3. The van der Waals surface area contributed by atoms with Crippen molar-refractivity contribution in [2.24, 2.45) is 5.41 Å². The Labute approximate surface area is 119 Å². The fraction of sp³-hybridized carbons (Fsp3) is 1.00. The van der Waals surface area contributed by atoms with Gasteiger partial charge in [0.2, 0.25) is 0 Å². The highest BCUT2D eigenvalue weighted by molar-refractivity contribution is 4.79. The van der Waals surface area contributed by atoms with Gasteiger partial charge in [0.15, 0.2) is 0 Å². The van der Waals surface area contributed by atoms with E-state index in [2.05, 4.69) is 19.2 Å². The van der Waals surface area contributed by atoms with Gasteiger partial charge < -0.3 is 19.5 Å². The number of hydrogen-bond donors (Lipinski definition) is 1. The van der Waals surface area contributed by atoms with Crippen molar-refractivity contribution in [1.82, 2.24) is 5.32 Å². The molecule has 0 aliphatic rings. The molecule has 0 spiro atoms. The van der Waals surface area contributed by atoms with E-state index < -0.39 is 0 Å². The van der Waals surface area contributed by atoms with Crippen molar-refractivity contribution in [3.05, 3.63) is 0 Å². The Bertz CT molecular complexity index is 184. The van der Waals surface area contributed by atoms with Gasteiger partial charge in [-0.15, -0.1) is 0 Å². The van der Waals surface area contributed by atoms with Crippen LogP contribution in [0.2, 0.25) is 0 Å². The summed E-state index contributed by atoms with van der Waals surface area (Å²) >= 11 is 0. The van der Waals surface area contributed by atoms with Crippen molar-refractivity contribution in [2.45, 2.75) is 39.5 Å². The molecule has 0 aromatic heterocycles. The average Bonchev–Trinajstić information content (AvgIpc) is 2.45. The standard InChI is InChI=1S/C15H33NO3/c1-5-15(6-2,14-16-9-11-17-3)8-7-10-19-13-12-18-4/h16H,5-14H2,1-4H3. The van der Waals surface area contributed by atoms with Crippen LogP contribution in [0.25, 0.3) is 0 Å². The topological polar surface area (TPSA) is 39.7 Å². The molecule has 0 aromatic carbocycles. The third-order valence-electron chi connectivity index (χ3n) is 3.91. The Morgan fingerprint density at radius 1 is 0.895 bits per heavy atom. The van der Waals surface area contributed by atoms with Crippen LogP contribution in [0.5, 0.6) is 0 Å². The third-order valence-corrected chi connectivity index (χ3v) is 3.91. The Balaban J connectivity index is 3.81. The normalized spacial score (nSPS) is 12.0. The maximum Gasteiger partial charge on any atom is 0.0700 e. The zero-order valence-electron chi connectivity index (χ0n) is 13.3. The van der Waals surface area contributed by atoms with E-state index in [1.54, 1.807) is 14.2 Å². The minimum absolute atomic E-state index is 0.401. The summed E-state index contributed by atoms with van der Waals surface area (Å²) in [6.45, 7) is 9.58. The first-order valence-corrected chi connectivity index (χ1v) is 7.51. The number of hydrogen-bond acceptors (Lipinski definition) is 4. The van der Waals surface area contributed by atoms with Gasteiger partial charge in [0.05, 0.1) is 19.8 Å². The average molecular weight is 275 g/mol. The van der Waals surface area contributed by atoms with Crippen LogP contribution in [0.3, 0.4) is 0 Å². The fourth-order valence-corrected chi connectivity index (χ4v) is 2.26. The van der Waals surface area contributed by atoms with Gasteiger partial charge in [-0.2, -0.15) is 0 Å². The van der Waals surface area contributed by atoms with Gasteiger partial charge in [0, 0.05) is 33.9 Å². The highest BCUT2D eigenvalue weighted by Crippen LogP contribution is 2.31. The van der Waals surface area contributed by atoms with E-state index in [0.717, 1.165) is 32.7 Å². The Hall–Kier alpha value is -0.160. The number of methoxy groups -OCH3 is 2. The minimum Gasteiger partial charge on any atom is -0.383 e. The molecule has 0 unspecified atom stereocenters. The van der Waals surface area contributed by atoms with E-state index >= 15 is 0 Å². The SMILES string of the molecule is CCC(CC)(CCCOCCOC)CNCCOC. The predicted octanol–water partition coefficient (Wildman–Crippen LogP) is 2.47. The predicted molar refractivity (Wildman–Crippen MR) is 79.7 cm³/mol. The van der Waals surface area contributed by atoms with Gasteiger partial charge in [-0.05, 0) is 31.1 Å². The van der Waals surface area contributed by atoms with Crippen molar-refractivity contribution in [3.63, 3.8) is 0 Å². The first-order valence-electron chi connectivity index (χ1n) is 7.51. The van der Waals surface area contributed by atoms with Crippen molar-refractivity contribution < 1.29 is 14.2 Å².